The summed E-state index contributed by atoms with van der Waals surface area (Å²) in [6, 6.07) is 17.5. The Balaban J connectivity index is 1.80. The zero-order valence-corrected chi connectivity index (χ0v) is 14.5. The molecule has 2 aromatic carbocycles. The van der Waals surface area contributed by atoms with Gasteiger partial charge in [-0.1, -0.05) is 12.1 Å². The number of nitriles is 2. The van der Waals surface area contributed by atoms with E-state index in [0.29, 0.717) is 28.2 Å². The fourth-order valence-corrected chi connectivity index (χ4v) is 2.57. The Hall–Kier alpha value is -4.10. The van der Waals surface area contributed by atoms with Gasteiger partial charge in [-0.15, -0.1) is 0 Å². The highest BCUT2D eigenvalue weighted by molar-refractivity contribution is 5.94. The van der Waals surface area contributed by atoms with Gasteiger partial charge in [0, 0.05) is 23.8 Å². The van der Waals surface area contributed by atoms with Crippen LogP contribution in [0.25, 0.3) is 0 Å². The van der Waals surface area contributed by atoms with Crippen molar-refractivity contribution in [1.82, 2.24) is 9.78 Å². The van der Waals surface area contributed by atoms with Gasteiger partial charge in [-0.2, -0.15) is 15.6 Å². The molecule has 0 fully saturated rings. The maximum Gasteiger partial charge on any atom is 0.248 e. The lowest BCUT2D eigenvalue weighted by Gasteiger charge is -2.14. The number of nitrogens with one attached hydrogen (secondary N) is 2. The summed E-state index contributed by atoms with van der Waals surface area (Å²) in [5.74, 6) is -0.203. The molecule has 0 radical (unpaired) electrons. The fraction of sp³-hybridized carbons (Fsp3) is 0.100. The van der Waals surface area contributed by atoms with E-state index in [1.165, 1.54) is 0 Å². The standard InChI is InChI=1S/C20H16N6O/c1-14(26-10-4-9-23-26)20(27)25-18-8-3-7-17(11-18)24-19-15(12-21)5-2-6-16(19)13-22/h2-11,14,24H,1H3,(H,25,27). The lowest BCUT2D eigenvalue weighted by Crippen LogP contribution is -2.23. The molecular weight excluding hydrogens is 340 g/mol. The predicted molar refractivity (Wildman–Crippen MR) is 101 cm³/mol. The molecule has 0 saturated heterocycles. The summed E-state index contributed by atoms with van der Waals surface area (Å²) >= 11 is 0. The quantitative estimate of drug-likeness (QED) is 0.727. The molecule has 0 aliphatic carbocycles. The van der Waals surface area contributed by atoms with Gasteiger partial charge < -0.3 is 10.6 Å². The average molecular weight is 356 g/mol. The molecule has 1 unspecified atom stereocenters. The van der Waals surface area contributed by atoms with Crippen molar-refractivity contribution in [3.05, 3.63) is 72.1 Å². The molecule has 7 nitrogen and oxygen atoms in total. The third-order valence-electron chi connectivity index (χ3n) is 4.01. The van der Waals surface area contributed by atoms with E-state index in [9.17, 15) is 15.3 Å². The van der Waals surface area contributed by atoms with Crippen LogP contribution in [0.3, 0.4) is 0 Å². The van der Waals surface area contributed by atoms with E-state index in [4.69, 9.17) is 0 Å². The number of anilines is 3. The van der Waals surface area contributed by atoms with Gasteiger partial charge in [0.1, 0.15) is 18.2 Å². The Morgan fingerprint density at radius 1 is 1.07 bits per heavy atom. The van der Waals surface area contributed by atoms with Crippen LogP contribution < -0.4 is 10.6 Å². The molecule has 0 aliphatic heterocycles. The number of nitrogens with zero attached hydrogens (tertiary/aromatic N) is 4. The lowest BCUT2D eigenvalue weighted by molar-refractivity contribution is -0.119. The number of hydrogen-bond donors (Lipinski definition) is 2. The van der Waals surface area contributed by atoms with Crippen LogP contribution in [0, 0.1) is 22.7 Å². The molecule has 1 aromatic heterocycles. The summed E-state index contributed by atoms with van der Waals surface area (Å²) in [4.78, 5) is 12.4. The third kappa shape index (κ3) is 3.94. The minimum absolute atomic E-state index is 0.203. The second-order valence-electron chi connectivity index (χ2n) is 5.81. The zero-order valence-electron chi connectivity index (χ0n) is 14.5. The molecule has 1 atom stereocenters. The van der Waals surface area contributed by atoms with E-state index in [-0.39, 0.29) is 5.91 Å². The summed E-state index contributed by atoms with van der Waals surface area (Å²) in [6.45, 7) is 1.76. The summed E-state index contributed by atoms with van der Waals surface area (Å²) in [6.07, 6.45) is 3.35. The van der Waals surface area contributed by atoms with Crippen LogP contribution in [-0.2, 0) is 4.79 Å². The number of hydrogen-bond acceptors (Lipinski definition) is 5. The zero-order chi connectivity index (χ0) is 19.2. The Labute approximate surface area is 156 Å². The van der Waals surface area contributed by atoms with Crippen molar-refractivity contribution in [2.24, 2.45) is 0 Å². The second-order valence-corrected chi connectivity index (χ2v) is 5.81. The molecule has 0 saturated carbocycles. The Morgan fingerprint density at radius 2 is 1.74 bits per heavy atom. The predicted octanol–water partition coefficient (Wildman–Crippen LogP) is 3.57. The van der Waals surface area contributed by atoms with Crippen molar-refractivity contribution < 1.29 is 4.79 Å². The van der Waals surface area contributed by atoms with Gasteiger partial charge in [0.2, 0.25) is 5.91 Å². The lowest BCUT2D eigenvalue weighted by atomic mass is 10.1. The first-order valence-corrected chi connectivity index (χ1v) is 8.22. The van der Waals surface area contributed by atoms with Crippen molar-refractivity contribution in [2.75, 3.05) is 10.6 Å². The summed E-state index contributed by atoms with van der Waals surface area (Å²) in [7, 11) is 0. The topological polar surface area (TPSA) is 107 Å². The molecule has 132 valence electrons. The molecule has 1 heterocycles. The monoisotopic (exact) mass is 356 g/mol. The van der Waals surface area contributed by atoms with Crippen molar-refractivity contribution >= 4 is 23.0 Å². The van der Waals surface area contributed by atoms with Gasteiger partial charge >= 0.3 is 0 Å². The van der Waals surface area contributed by atoms with Crippen molar-refractivity contribution in [3.8, 4) is 12.1 Å². The molecule has 0 spiro atoms. The minimum Gasteiger partial charge on any atom is -0.353 e. The van der Waals surface area contributed by atoms with Crippen molar-refractivity contribution in [1.29, 1.82) is 10.5 Å². The Morgan fingerprint density at radius 3 is 2.37 bits per heavy atom. The Bertz CT molecular complexity index is 1010. The highest BCUT2D eigenvalue weighted by Gasteiger charge is 2.15. The van der Waals surface area contributed by atoms with Crippen LogP contribution in [0.4, 0.5) is 17.1 Å². The maximum atomic E-state index is 12.4. The van der Waals surface area contributed by atoms with Gasteiger partial charge in [-0.05, 0) is 43.3 Å². The summed E-state index contributed by atoms with van der Waals surface area (Å²) < 4.78 is 1.57. The number of carbonyl (C=O) groups is 1. The number of rotatable bonds is 5. The second kappa shape index (κ2) is 7.85. The average Bonchev–Trinajstić information content (AvgIpc) is 3.22. The van der Waals surface area contributed by atoms with E-state index in [2.05, 4.69) is 27.9 Å². The number of amides is 1. The molecular formula is C20H16N6O. The van der Waals surface area contributed by atoms with E-state index in [0.717, 1.165) is 0 Å². The van der Waals surface area contributed by atoms with Crippen LogP contribution >= 0.6 is 0 Å². The van der Waals surface area contributed by atoms with E-state index >= 15 is 0 Å². The molecule has 7 heteroatoms. The van der Waals surface area contributed by atoms with Gasteiger partial charge in [0.15, 0.2) is 0 Å². The first-order valence-electron chi connectivity index (χ1n) is 8.22. The van der Waals surface area contributed by atoms with Crippen LogP contribution in [0.5, 0.6) is 0 Å². The van der Waals surface area contributed by atoms with Crippen molar-refractivity contribution in [3.63, 3.8) is 0 Å². The molecule has 27 heavy (non-hydrogen) atoms. The van der Waals surface area contributed by atoms with Crippen LogP contribution in [0.2, 0.25) is 0 Å². The van der Waals surface area contributed by atoms with E-state index in [1.807, 2.05) is 0 Å². The third-order valence-corrected chi connectivity index (χ3v) is 4.01. The molecule has 2 N–H and O–H groups in total. The van der Waals surface area contributed by atoms with Crippen LogP contribution in [0.15, 0.2) is 60.9 Å². The van der Waals surface area contributed by atoms with Gasteiger partial charge in [0.05, 0.1) is 16.8 Å². The molecule has 0 bridgehead atoms. The number of para-hydroxylation sites is 1. The highest BCUT2D eigenvalue weighted by atomic mass is 16.2. The summed E-state index contributed by atoms with van der Waals surface area (Å²) in [5.41, 5.74) is 2.43. The van der Waals surface area contributed by atoms with Gasteiger partial charge in [-0.25, -0.2) is 0 Å². The normalized spacial score (nSPS) is 11.1. The minimum atomic E-state index is -0.457. The molecule has 3 rings (SSSR count). The number of aromatic nitrogens is 2. The summed E-state index contributed by atoms with van der Waals surface area (Å²) in [5, 5.41) is 28.6. The largest absolute Gasteiger partial charge is 0.353 e. The Kier molecular flexibility index (Phi) is 5.15. The van der Waals surface area contributed by atoms with E-state index < -0.39 is 6.04 Å². The SMILES string of the molecule is CC(C(=O)Nc1cccc(Nc2c(C#N)cccc2C#N)c1)n1cccn1. The highest BCUT2D eigenvalue weighted by Crippen LogP contribution is 2.26. The smallest absolute Gasteiger partial charge is 0.248 e. The van der Waals surface area contributed by atoms with Crippen LogP contribution in [-0.4, -0.2) is 15.7 Å². The number of benzene rings is 2. The first-order chi connectivity index (χ1) is 13.1. The fourth-order valence-electron chi connectivity index (χ4n) is 2.57. The van der Waals surface area contributed by atoms with Gasteiger partial charge in [0.25, 0.3) is 0 Å². The van der Waals surface area contributed by atoms with Crippen LogP contribution in [0.1, 0.15) is 24.1 Å². The number of carbonyl (C=O) groups excluding carboxylic acids is 1. The van der Waals surface area contributed by atoms with Crippen molar-refractivity contribution in [2.45, 2.75) is 13.0 Å². The molecule has 3 aromatic rings. The molecule has 0 aliphatic rings. The molecule has 1 amide bonds. The first kappa shape index (κ1) is 17.7. The maximum absolute atomic E-state index is 12.4. The van der Waals surface area contributed by atoms with Gasteiger partial charge in [-0.3, -0.25) is 9.48 Å². The van der Waals surface area contributed by atoms with E-state index in [1.54, 1.807) is 72.5 Å².